The summed E-state index contributed by atoms with van der Waals surface area (Å²) in [4.78, 5) is 27.9. The number of rotatable bonds is 12. The number of sulfonamides is 1. The highest BCUT2D eigenvalue weighted by molar-refractivity contribution is 7.92. The smallest absolute Gasteiger partial charge is 0.244 e. The summed E-state index contributed by atoms with van der Waals surface area (Å²) >= 11 is 0. The molecule has 0 radical (unpaired) electrons. The average molecular weight is 492 g/mol. The molecule has 0 heterocycles. The maximum Gasteiger partial charge on any atom is 0.244 e. The molecule has 0 fully saturated rings. The Hall–Kier alpha value is -2.94. The van der Waals surface area contributed by atoms with E-state index in [9.17, 15) is 22.4 Å². The third kappa shape index (κ3) is 8.13. The van der Waals surface area contributed by atoms with Crippen molar-refractivity contribution in [1.29, 1.82) is 0 Å². The van der Waals surface area contributed by atoms with Crippen molar-refractivity contribution in [1.82, 2.24) is 10.2 Å². The molecule has 7 nitrogen and oxygen atoms in total. The number of hydrogen-bond acceptors (Lipinski definition) is 4. The van der Waals surface area contributed by atoms with Crippen molar-refractivity contribution in [3.63, 3.8) is 0 Å². The van der Waals surface area contributed by atoms with Gasteiger partial charge in [-0.2, -0.15) is 0 Å². The van der Waals surface area contributed by atoms with Gasteiger partial charge in [0, 0.05) is 13.1 Å². The minimum atomic E-state index is -3.84. The topological polar surface area (TPSA) is 86.8 Å². The number of amides is 2. The number of anilines is 1. The van der Waals surface area contributed by atoms with Gasteiger partial charge in [-0.25, -0.2) is 12.8 Å². The number of benzene rings is 2. The summed E-state index contributed by atoms with van der Waals surface area (Å²) in [7, 11) is -3.84. The van der Waals surface area contributed by atoms with E-state index in [1.54, 1.807) is 0 Å². The second kappa shape index (κ2) is 12.5. The molecule has 186 valence electrons. The van der Waals surface area contributed by atoms with E-state index < -0.39 is 34.3 Å². The van der Waals surface area contributed by atoms with Crippen LogP contribution in [-0.2, 0) is 26.0 Å². The van der Waals surface area contributed by atoms with Crippen LogP contribution in [0.25, 0.3) is 0 Å². The lowest BCUT2D eigenvalue weighted by molar-refractivity contribution is -0.139. The van der Waals surface area contributed by atoms with Crippen molar-refractivity contribution in [2.75, 3.05) is 30.2 Å². The van der Waals surface area contributed by atoms with E-state index in [-0.39, 0.29) is 24.1 Å². The molecule has 2 aromatic rings. The maximum absolute atomic E-state index is 13.5. The quantitative estimate of drug-likeness (QED) is 0.494. The van der Waals surface area contributed by atoms with Gasteiger partial charge in [0.25, 0.3) is 0 Å². The predicted octanol–water partition coefficient (Wildman–Crippen LogP) is 3.21. The summed E-state index contributed by atoms with van der Waals surface area (Å²) in [6, 6.07) is 13.7. The van der Waals surface area contributed by atoms with Crippen LogP contribution in [0.3, 0.4) is 0 Å². The van der Waals surface area contributed by atoms with E-state index in [0.29, 0.717) is 19.4 Å². The van der Waals surface area contributed by atoms with Gasteiger partial charge in [-0.05, 0) is 48.6 Å². The van der Waals surface area contributed by atoms with Gasteiger partial charge in [-0.3, -0.25) is 13.9 Å². The molecule has 1 atom stereocenters. The molecule has 2 rings (SSSR count). The summed E-state index contributed by atoms with van der Waals surface area (Å²) in [5.74, 6) is -1.04. The minimum Gasteiger partial charge on any atom is -0.354 e. The van der Waals surface area contributed by atoms with Crippen LogP contribution in [0.1, 0.15) is 32.8 Å². The van der Waals surface area contributed by atoms with E-state index in [1.807, 2.05) is 51.1 Å². The van der Waals surface area contributed by atoms with Crippen molar-refractivity contribution in [3.05, 3.63) is 66.0 Å². The van der Waals surface area contributed by atoms with E-state index >= 15 is 0 Å². The van der Waals surface area contributed by atoms with E-state index in [2.05, 4.69) is 5.32 Å². The fourth-order valence-electron chi connectivity index (χ4n) is 3.54. The molecular weight excluding hydrogens is 457 g/mol. The highest BCUT2D eigenvalue weighted by Gasteiger charge is 2.31. The largest absolute Gasteiger partial charge is 0.354 e. The number of nitrogens with zero attached hydrogens (tertiary/aromatic N) is 2. The van der Waals surface area contributed by atoms with Crippen LogP contribution >= 0.6 is 0 Å². The van der Waals surface area contributed by atoms with Gasteiger partial charge in [0.15, 0.2) is 0 Å². The second-order valence-corrected chi connectivity index (χ2v) is 10.5. The van der Waals surface area contributed by atoms with Crippen LogP contribution in [0.2, 0.25) is 0 Å². The first-order valence-electron chi connectivity index (χ1n) is 11.4. The summed E-state index contributed by atoms with van der Waals surface area (Å²) in [6.07, 6.45) is 1.88. The first-order chi connectivity index (χ1) is 16.0. The maximum atomic E-state index is 13.5. The first-order valence-corrected chi connectivity index (χ1v) is 13.2. The summed E-state index contributed by atoms with van der Waals surface area (Å²) in [5, 5.41) is 2.88. The third-order valence-electron chi connectivity index (χ3n) is 5.35. The highest BCUT2D eigenvalue weighted by Crippen LogP contribution is 2.19. The van der Waals surface area contributed by atoms with Crippen molar-refractivity contribution in [2.45, 2.75) is 39.7 Å². The molecular formula is C25H34FN3O4S. The lowest BCUT2D eigenvalue weighted by atomic mass is 10.1. The number of hydrogen-bond donors (Lipinski definition) is 1. The number of carbonyl (C=O) groups excluding carboxylic acids is 2. The van der Waals surface area contributed by atoms with Gasteiger partial charge in [-0.1, -0.05) is 51.1 Å². The Balaban J connectivity index is 2.32. The molecule has 0 aliphatic rings. The normalized spacial score (nSPS) is 12.3. The summed E-state index contributed by atoms with van der Waals surface area (Å²) in [5.41, 5.74) is 1.17. The van der Waals surface area contributed by atoms with Gasteiger partial charge >= 0.3 is 0 Å². The van der Waals surface area contributed by atoms with E-state index in [1.165, 1.54) is 17.0 Å². The summed E-state index contributed by atoms with van der Waals surface area (Å²) in [6.45, 7) is 6.00. The molecule has 34 heavy (non-hydrogen) atoms. The van der Waals surface area contributed by atoms with Crippen molar-refractivity contribution in [3.8, 4) is 0 Å². The molecule has 0 bridgehead atoms. The van der Waals surface area contributed by atoms with Crippen LogP contribution in [0.5, 0.6) is 0 Å². The molecule has 0 aromatic heterocycles. The Morgan fingerprint density at radius 2 is 1.65 bits per heavy atom. The first kappa shape index (κ1) is 27.3. The molecule has 2 amide bonds. The van der Waals surface area contributed by atoms with Gasteiger partial charge in [-0.15, -0.1) is 0 Å². The Morgan fingerprint density at radius 1 is 1.03 bits per heavy atom. The van der Waals surface area contributed by atoms with Crippen molar-refractivity contribution in [2.24, 2.45) is 5.92 Å². The Bertz CT molecular complexity index is 1040. The van der Waals surface area contributed by atoms with Crippen LogP contribution in [0.15, 0.2) is 54.6 Å². The Morgan fingerprint density at radius 3 is 2.18 bits per heavy atom. The van der Waals surface area contributed by atoms with Gasteiger partial charge in [0.05, 0.1) is 11.9 Å². The molecule has 0 saturated heterocycles. The molecule has 1 N–H and O–H groups in total. The van der Waals surface area contributed by atoms with Crippen molar-refractivity contribution < 1.29 is 22.4 Å². The molecule has 0 aliphatic heterocycles. The van der Waals surface area contributed by atoms with Gasteiger partial charge < -0.3 is 10.2 Å². The zero-order valence-electron chi connectivity index (χ0n) is 20.2. The second-order valence-electron chi connectivity index (χ2n) is 8.63. The summed E-state index contributed by atoms with van der Waals surface area (Å²) < 4.78 is 39.3. The zero-order chi connectivity index (χ0) is 25.3. The number of nitrogens with one attached hydrogen (secondary N) is 1. The van der Waals surface area contributed by atoms with Crippen LogP contribution in [0.4, 0.5) is 10.1 Å². The average Bonchev–Trinajstić information content (AvgIpc) is 2.79. The van der Waals surface area contributed by atoms with Gasteiger partial charge in [0.2, 0.25) is 21.8 Å². The molecule has 9 heteroatoms. The van der Waals surface area contributed by atoms with Crippen molar-refractivity contribution >= 4 is 27.5 Å². The molecule has 0 aliphatic carbocycles. The fraction of sp³-hybridized carbons (Fsp3) is 0.440. The standard InChI is InChI=1S/C25H34FN3O4S/c1-5-23(25(31)27-17-19(2)3)28(16-15-20-9-7-6-8-10-20)24(30)18-29(34(4,32)33)22-13-11-21(26)12-14-22/h6-14,19,23H,5,15-18H2,1-4H3,(H,27,31). The zero-order valence-corrected chi connectivity index (χ0v) is 21.0. The molecule has 0 spiro atoms. The van der Waals surface area contributed by atoms with Gasteiger partial charge in [0.1, 0.15) is 18.4 Å². The number of carbonyl (C=O) groups is 2. The Labute approximate surface area is 202 Å². The lowest BCUT2D eigenvalue weighted by Crippen LogP contribution is -2.53. The SMILES string of the molecule is CCC(C(=O)NCC(C)C)N(CCc1ccccc1)C(=O)CN(c1ccc(F)cc1)S(C)(=O)=O. The minimum absolute atomic E-state index is 0.178. The fourth-order valence-corrected chi connectivity index (χ4v) is 4.39. The molecule has 1 unspecified atom stereocenters. The molecule has 0 saturated carbocycles. The highest BCUT2D eigenvalue weighted by atomic mass is 32.2. The predicted molar refractivity (Wildman–Crippen MR) is 132 cm³/mol. The number of halogens is 1. The van der Waals surface area contributed by atoms with Crippen LogP contribution in [0, 0.1) is 11.7 Å². The monoisotopic (exact) mass is 491 g/mol. The van der Waals surface area contributed by atoms with E-state index in [0.717, 1.165) is 28.3 Å². The van der Waals surface area contributed by atoms with E-state index in [4.69, 9.17) is 0 Å². The molecule has 2 aromatic carbocycles. The van der Waals surface area contributed by atoms with Crippen LogP contribution < -0.4 is 9.62 Å². The Kier molecular flexibility index (Phi) is 10.0. The third-order valence-corrected chi connectivity index (χ3v) is 6.49. The van der Waals surface area contributed by atoms with Crippen LogP contribution in [-0.4, -0.2) is 57.1 Å². The lowest BCUT2D eigenvalue weighted by Gasteiger charge is -2.33.